The maximum atomic E-state index is 12.7. The average molecular weight is 555 g/mol. The maximum Gasteiger partial charge on any atom is 0.306 e. The van der Waals surface area contributed by atoms with E-state index in [0.717, 1.165) is 60.7 Å². The zero-order chi connectivity index (χ0) is 28.9. The van der Waals surface area contributed by atoms with Crippen molar-refractivity contribution in [2.75, 3.05) is 0 Å². The molecule has 0 aliphatic heterocycles. The Labute approximate surface area is 249 Å². The van der Waals surface area contributed by atoms with Gasteiger partial charge in [0.2, 0.25) is 0 Å². The number of esters is 1. The number of fused-ring (bicyclic) bond motifs is 5. The van der Waals surface area contributed by atoms with E-state index in [2.05, 4.69) is 54.5 Å². The topological polar surface area (TPSA) is 26.3 Å². The minimum atomic E-state index is 0.0537. The minimum Gasteiger partial charge on any atom is -0.462 e. The first-order chi connectivity index (χ1) is 19.0. The second-order valence-corrected chi connectivity index (χ2v) is 16.3. The summed E-state index contributed by atoms with van der Waals surface area (Å²) in [4.78, 5) is 12.7. The molecule has 3 fully saturated rings. The van der Waals surface area contributed by atoms with Gasteiger partial charge in [0.05, 0.1) is 0 Å². The van der Waals surface area contributed by atoms with Crippen LogP contribution in [0.2, 0.25) is 0 Å². The van der Waals surface area contributed by atoms with Gasteiger partial charge in [-0.15, -0.1) is 0 Å². The Kier molecular flexibility index (Phi) is 11.3. The third-order valence-electron chi connectivity index (χ3n) is 12.7. The van der Waals surface area contributed by atoms with Crippen molar-refractivity contribution in [2.24, 2.45) is 52.3 Å². The van der Waals surface area contributed by atoms with Gasteiger partial charge in [-0.2, -0.15) is 0 Å². The monoisotopic (exact) mass is 555 g/mol. The number of carbonyl (C=O) groups is 1. The highest BCUT2D eigenvalue weighted by atomic mass is 16.5. The molecule has 0 aromatic rings. The Morgan fingerprint density at radius 1 is 0.825 bits per heavy atom. The Morgan fingerprint density at radius 3 is 2.27 bits per heavy atom. The normalized spacial score (nSPS) is 36.1. The molecule has 0 radical (unpaired) electrons. The van der Waals surface area contributed by atoms with E-state index in [1.54, 1.807) is 5.57 Å². The quantitative estimate of drug-likeness (QED) is 0.121. The van der Waals surface area contributed by atoms with Crippen molar-refractivity contribution in [3.63, 3.8) is 0 Å². The third kappa shape index (κ3) is 7.40. The van der Waals surface area contributed by atoms with E-state index in [4.69, 9.17) is 4.74 Å². The lowest BCUT2D eigenvalue weighted by Crippen LogP contribution is -2.51. The molecule has 3 saturated carbocycles. The summed E-state index contributed by atoms with van der Waals surface area (Å²) in [5.41, 5.74) is 2.54. The van der Waals surface area contributed by atoms with Crippen molar-refractivity contribution in [3.8, 4) is 0 Å². The summed E-state index contributed by atoms with van der Waals surface area (Å²) in [5, 5.41) is 0. The van der Waals surface area contributed by atoms with E-state index in [1.165, 1.54) is 89.9 Å². The van der Waals surface area contributed by atoms with Crippen molar-refractivity contribution >= 4 is 5.97 Å². The first kappa shape index (κ1) is 32.1. The van der Waals surface area contributed by atoms with Crippen LogP contribution in [0.1, 0.15) is 164 Å². The second kappa shape index (κ2) is 14.1. The molecule has 230 valence electrons. The summed E-state index contributed by atoms with van der Waals surface area (Å²) in [5.74, 6) is 6.14. The molecule has 0 heterocycles. The van der Waals surface area contributed by atoms with Crippen LogP contribution in [0.3, 0.4) is 0 Å². The average Bonchev–Trinajstić information content (AvgIpc) is 3.25. The van der Waals surface area contributed by atoms with Gasteiger partial charge < -0.3 is 4.74 Å². The largest absolute Gasteiger partial charge is 0.462 e. The lowest BCUT2D eigenvalue weighted by molar-refractivity contribution is -0.151. The maximum absolute atomic E-state index is 12.7. The summed E-state index contributed by atoms with van der Waals surface area (Å²) in [6.07, 6.45) is 25.3. The number of allylic oxidation sites excluding steroid dienone is 1. The first-order valence-electron chi connectivity index (χ1n) is 17.9. The van der Waals surface area contributed by atoms with Crippen molar-refractivity contribution in [2.45, 2.75) is 170 Å². The van der Waals surface area contributed by atoms with Crippen LogP contribution >= 0.6 is 0 Å². The second-order valence-electron chi connectivity index (χ2n) is 16.3. The van der Waals surface area contributed by atoms with Crippen LogP contribution < -0.4 is 0 Å². The van der Waals surface area contributed by atoms with Gasteiger partial charge in [0.15, 0.2) is 0 Å². The van der Waals surface area contributed by atoms with Crippen molar-refractivity contribution in [1.29, 1.82) is 0 Å². The van der Waals surface area contributed by atoms with E-state index in [9.17, 15) is 4.79 Å². The van der Waals surface area contributed by atoms with E-state index in [1.807, 2.05) is 0 Å². The molecule has 4 aliphatic carbocycles. The van der Waals surface area contributed by atoms with Gasteiger partial charge in [-0.3, -0.25) is 4.79 Å². The predicted molar refractivity (Wildman–Crippen MR) is 170 cm³/mol. The molecule has 0 N–H and O–H groups in total. The van der Waals surface area contributed by atoms with Crippen LogP contribution in [0, 0.1) is 52.3 Å². The van der Waals surface area contributed by atoms with Crippen molar-refractivity contribution in [1.82, 2.24) is 0 Å². The molecule has 0 amide bonds. The van der Waals surface area contributed by atoms with Gasteiger partial charge in [-0.25, -0.2) is 0 Å². The molecule has 4 aliphatic rings. The number of rotatable bonds is 14. The number of hydrogen-bond acceptors (Lipinski definition) is 2. The van der Waals surface area contributed by atoms with Gasteiger partial charge in [0, 0.05) is 12.8 Å². The highest BCUT2D eigenvalue weighted by Gasteiger charge is 2.59. The molecule has 0 spiro atoms. The van der Waals surface area contributed by atoms with E-state index < -0.39 is 0 Å². The molecule has 0 aromatic carbocycles. The zero-order valence-electron chi connectivity index (χ0n) is 27.7. The fourth-order valence-corrected chi connectivity index (χ4v) is 10.3. The summed E-state index contributed by atoms with van der Waals surface area (Å²) < 4.78 is 6.07. The summed E-state index contributed by atoms with van der Waals surface area (Å²) in [7, 11) is 0. The first-order valence-corrected chi connectivity index (χ1v) is 17.9. The minimum absolute atomic E-state index is 0.0537. The van der Waals surface area contributed by atoms with Crippen LogP contribution in [0.25, 0.3) is 0 Å². The highest BCUT2D eigenvalue weighted by Crippen LogP contribution is 2.67. The van der Waals surface area contributed by atoms with Crippen LogP contribution in [0.5, 0.6) is 0 Å². The third-order valence-corrected chi connectivity index (χ3v) is 12.7. The lowest BCUT2D eigenvalue weighted by atomic mass is 9.47. The SMILES string of the molecule is CC(C)CCCCCCCC(=O)O[C@H]1CC[C@@]2(C)C(=CCC3C2CC[C@@]2(C)C3CC[C@@H]2[C@H](C)CCCC(C)C)C1. The van der Waals surface area contributed by atoms with Crippen LogP contribution in [-0.2, 0) is 9.53 Å². The van der Waals surface area contributed by atoms with Gasteiger partial charge in [0.25, 0.3) is 0 Å². The zero-order valence-corrected chi connectivity index (χ0v) is 27.7. The van der Waals surface area contributed by atoms with Crippen molar-refractivity contribution in [3.05, 3.63) is 11.6 Å². The molecular formula is C38H66O2. The molecule has 2 heteroatoms. The van der Waals surface area contributed by atoms with Gasteiger partial charge in [0.1, 0.15) is 6.10 Å². The van der Waals surface area contributed by atoms with Gasteiger partial charge in [-0.1, -0.05) is 111 Å². The fraction of sp³-hybridized carbons (Fsp3) is 0.921. The predicted octanol–water partition coefficient (Wildman–Crippen LogP) is 11.3. The van der Waals surface area contributed by atoms with E-state index in [0.29, 0.717) is 17.3 Å². The molecule has 0 bridgehead atoms. The summed E-state index contributed by atoms with van der Waals surface area (Å²) >= 11 is 0. The van der Waals surface area contributed by atoms with Crippen LogP contribution in [-0.4, -0.2) is 12.1 Å². The van der Waals surface area contributed by atoms with Crippen molar-refractivity contribution < 1.29 is 9.53 Å². The number of unbranched alkanes of at least 4 members (excludes halogenated alkanes) is 4. The van der Waals surface area contributed by atoms with E-state index >= 15 is 0 Å². The Morgan fingerprint density at radius 2 is 1.52 bits per heavy atom. The Hall–Kier alpha value is -0.790. The fourth-order valence-electron chi connectivity index (χ4n) is 10.3. The lowest BCUT2D eigenvalue weighted by Gasteiger charge is -2.58. The molecule has 3 unspecified atom stereocenters. The van der Waals surface area contributed by atoms with Crippen LogP contribution in [0.4, 0.5) is 0 Å². The molecule has 40 heavy (non-hydrogen) atoms. The number of ether oxygens (including phenoxy) is 1. The molecule has 0 aromatic heterocycles. The van der Waals surface area contributed by atoms with Gasteiger partial charge in [-0.05, 0) is 104 Å². The molecular weight excluding hydrogens is 488 g/mol. The van der Waals surface area contributed by atoms with Crippen LogP contribution in [0.15, 0.2) is 11.6 Å². The summed E-state index contributed by atoms with van der Waals surface area (Å²) in [6, 6.07) is 0. The van der Waals surface area contributed by atoms with E-state index in [-0.39, 0.29) is 12.1 Å². The number of carbonyl (C=O) groups excluding carboxylic acids is 1. The standard InChI is InChI=1S/C38H66O2/c1-27(2)14-11-9-8-10-12-17-36(39)40-31-22-24-37(6)30(26-31)18-19-32-34-21-20-33(29(5)16-13-15-28(3)4)38(34,7)25-23-35(32)37/h18,27-29,31-35H,8-17,19-26H2,1-7H3/t29-,31+,32?,33-,34?,35?,37+,38-/m1/s1. The molecule has 2 nitrogen and oxygen atoms in total. The number of hydrogen-bond donors (Lipinski definition) is 0. The Balaban J connectivity index is 1.27. The Bertz CT molecular complexity index is 840. The summed E-state index contributed by atoms with van der Waals surface area (Å²) in [6.45, 7) is 17.2. The smallest absolute Gasteiger partial charge is 0.306 e. The molecule has 8 atom stereocenters. The molecule has 4 rings (SSSR count). The van der Waals surface area contributed by atoms with Gasteiger partial charge >= 0.3 is 5.97 Å². The highest BCUT2D eigenvalue weighted by molar-refractivity contribution is 5.69. The molecule has 0 saturated heterocycles.